The number of carbonyl (C=O) groups excluding carboxylic acids is 1. The minimum Gasteiger partial charge on any atom is -0.461 e. The number of H-pyrrole nitrogens is 1. The van der Waals surface area contributed by atoms with Crippen LogP contribution in [0.25, 0.3) is 33.1 Å². The van der Waals surface area contributed by atoms with Gasteiger partial charge in [0.15, 0.2) is 5.82 Å². The van der Waals surface area contributed by atoms with E-state index < -0.39 is 17.4 Å². The summed E-state index contributed by atoms with van der Waals surface area (Å²) in [6.07, 6.45) is 10.7. The number of hydrogen-bond donors (Lipinski definition) is 2. The molecule has 4 aromatic rings. The predicted octanol–water partition coefficient (Wildman–Crippen LogP) is 5.79. The summed E-state index contributed by atoms with van der Waals surface area (Å²) in [4.78, 5) is 31.9. The second kappa shape index (κ2) is 11.5. The number of anilines is 1. The molecule has 5 aliphatic rings. The van der Waals surface area contributed by atoms with Crippen LogP contribution in [0.2, 0.25) is 5.02 Å². The molecular weight excluding hydrogens is 611 g/mol. The zero-order valence-corrected chi connectivity index (χ0v) is 26.8. The highest BCUT2D eigenvalue weighted by Gasteiger charge is 2.45. The number of nitrogens with one attached hydrogen (secondary N) is 2. The molecule has 11 nitrogen and oxygen atoms in total. The summed E-state index contributed by atoms with van der Waals surface area (Å²) >= 11 is 6.83. The van der Waals surface area contributed by atoms with Gasteiger partial charge in [-0.2, -0.15) is 15.1 Å². The molecule has 1 aromatic carbocycles. The molecule has 2 N–H and O–H groups in total. The zero-order chi connectivity index (χ0) is 31.5. The van der Waals surface area contributed by atoms with Gasteiger partial charge in [0.25, 0.3) is 0 Å². The highest BCUT2D eigenvalue weighted by Crippen LogP contribution is 2.42. The molecule has 3 aromatic heterocycles. The summed E-state index contributed by atoms with van der Waals surface area (Å²) in [7, 11) is 0. The van der Waals surface area contributed by atoms with Gasteiger partial charge in [0.05, 0.1) is 34.8 Å². The number of piperidine rings is 1. The molecule has 5 aliphatic heterocycles. The molecule has 8 heterocycles. The van der Waals surface area contributed by atoms with Crippen LogP contribution in [0.4, 0.5) is 15.0 Å². The van der Waals surface area contributed by atoms with Crippen LogP contribution in [0.15, 0.2) is 18.5 Å². The van der Waals surface area contributed by atoms with Gasteiger partial charge in [-0.1, -0.05) is 11.6 Å². The summed E-state index contributed by atoms with van der Waals surface area (Å²) in [6, 6.07) is 1.95. The lowest BCUT2D eigenvalue weighted by Crippen LogP contribution is -2.57. The molecule has 46 heavy (non-hydrogen) atoms. The maximum Gasteiger partial charge on any atom is 0.407 e. The Morgan fingerprint density at radius 1 is 1.07 bits per heavy atom. The van der Waals surface area contributed by atoms with Gasteiger partial charge in [-0.3, -0.25) is 15.0 Å². The van der Waals surface area contributed by atoms with Crippen molar-refractivity contribution in [3.8, 4) is 17.3 Å². The van der Waals surface area contributed by atoms with E-state index >= 15 is 4.39 Å². The molecule has 1 unspecified atom stereocenters. The second-order valence-corrected chi connectivity index (χ2v) is 14.0. The molecule has 0 aliphatic carbocycles. The number of fused-ring (bicyclic) bond motifs is 9. The van der Waals surface area contributed by atoms with Gasteiger partial charge in [-0.25, -0.2) is 9.18 Å². The largest absolute Gasteiger partial charge is 0.461 e. The second-order valence-electron chi connectivity index (χ2n) is 13.6. The molecule has 0 radical (unpaired) electrons. The Balaban J connectivity index is 1.30. The van der Waals surface area contributed by atoms with E-state index in [0.29, 0.717) is 66.3 Å². The molecular formula is C33H38ClFN8O3. The number of halogens is 2. The summed E-state index contributed by atoms with van der Waals surface area (Å²) in [5.41, 5.74) is 1.73. The van der Waals surface area contributed by atoms with Gasteiger partial charge >= 0.3 is 12.1 Å². The van der Waals surface area contributed by atoms with Crippen molar-refractivity contribution in [2.75, 3.05) is 44.3 Å². The average molecular weight is 649 g/mol. The van der Waals surface area contributed by atoms with Crippen LogP contribution < -0.4 is 15.0 Å². The molecule has 3 saturated heterocycles. The van der Waals surface area contributed by atoms with E-state index in [-0.39, 0.29) is 29.4 Å². The normalized spacial score (nSPS) is 23.4. The minimum absolute atomic E-state index is 0.0245. The number of hydrogen-bond acceptors (Lipinski definition) is 9. The van der Waals surface area contributed by atoms with Crippen molar-refractivity contribution in [2.24, 2.45) is 0 Å². The lowest BCUT2D eigenvalue weighted by molar-refractivity contribution is 0.107. The number of aromatic amines is 1. The van der Waals surface area contributed by atoms with Gasteiger partial charge in [0.2, 0.25) is 0 Å². The highest BCUT2D eigenvalue weighted by atomic mass is 35.5. The standard InChI is InChI=1S/C33H38ClFN8O3/c1-32-8-4-11-42(18-32)29-22-16-36-28(26(35)27(22)38-30(39-29)46-19-33-9-5-12-43(33)13-6-10-33)25-20(7-2-3-14-45-31(44)40-32)23(34)15-24-21(25)17-37-41-24/h15-17H,2-14,18-19H2,1H3,(H,37,41)(H,40,44). The Morgan fingerprint density at radius 2 is 1.89 bits per heavy atom. The summed E-state index contributed by atoms with van der Waals surface area (Å²) in [6.45, 7) is 6.01. The third-order valence-corrected chi connectivity index (χ3v) is 10.8. The Labute approximate surface area is 271 Å². The molecule has 3 fully saturated rings. The Morgan fingerprint density at radius 3 is 2.74 bits per heavy atom. The predicted molar refractivity (Wildman–Crippen MR) is 173 cm³/mol. The molecule has 0 spiro atoms. The SMILES string of the molecule is CC12CCCN(C1)c1nc(OCC34CCCN3CCC4)nc3c(F)c(ncc13)-c1c(c(Cl)cc3[nH]ncc13)CCCCOC(=O)N2. The van der Waals surface area contributed by atoms with E-state index in [1.807, 2.05) is 13.0 Å². The number of carbonyl (C=O) groups is 1. The summed E-state index contributed by atoms with van der Waals surface area (Å²) < 4.78 is 29.1. The third-order valence-electron chi connectivity index (χ3n) is 10.4. The average Bonchev–Trinajstić information content (AvgIpc) is 3.76. The van der Waals surface area contributed by atoms with E-state index in [1.165, 1.54) is 0 Å². The van der Waals surface area contributed by atoms with E-state index in [2.05, 4.69) is 25.3 Å². The van der Waals surface area contributed by atoms with Crippen molar-refractivity contribution >= 4 is 45.3 Å². The number of ether oxygens (including phenoxy) is 2. The van der Waals surface area contributed by atoms with Crippen LogP contribution in [0.1, 0.15) is 63.9 Å². The van der Waals surface area contributed by atoms with Crippen molar-refractivity contribution < 1.29 is 18.7 Å². The molecule has 242 valence electrons. The van der Waals surface area contributed by atoms with Crippen LogP contribution in [0, 0.1) is 5.82 Å². The van der Waals surface area contributed by atoms with Crippen molar-refractivity contribution in [3.05, 3.63) is 34.9 Å². The Kier molecular flexibility index (Phi) is 7.39. The number of alkyl carbamates (subject to hydrolysis) is 1. The van der Waals surface area contributed by atoms with E-state index in [0.717, 1.165) is 62.6 Å². The molecule has 9 rings (SSSR count). The molecule has 6 bridgehead atoms. The quantitative estimate of drug-likeness (QED) is 0.284. The highest BCUT2D eigenvalue weighted by molar-refractivity contribution is 6.33. The Hall–Kier alpha value is -3.77. The number of rotatable bonds is 3. The van der Waals surface area contributed by atoms with Gasteiger partial charge in [-0.15, -0.1) is 0 Å². The van der Waals surface area contributed by atoms with Crippen LogP contribution in [0.5, 0.6) is 6.01 Å². The van der Waals surface area contributed by atoms with Crippen LogP contribution in [0.3, 0.4) is 0 Å². The topological polar surface area (TPSA) is 121 Å². The van der Waals surface area contributed by atoms with E-state index in [9.17, 15) is 4.79 Å². The molecule has 13 heteroatoms. The fourth-order valence-electron chi connectivity index (χ4n) is 8.15. The maximum absolute atomic E-state index is 17.1. The first-order valence-corrected chi connectivity index (χ1v) is 16.8. The molecule has 1 amide bonds. The minimum atomic E-state index is -0.572. The summed E-state index contributed by atoms with van der Waals surface area (Å²) in [5, 5.41) is 12.0. The molecule has 1 atom stereocenters. The molecule has 0 saturated carbocycles. The van der Waals surface area contributed by atoms with Crippen molar-refractivity contribution in [2.45, 2.75) is 75.8 Å². The van der Waals surface area contributed by atoms with Gasteiger partial charge < -0.3 is 19.7 Å². The first kappa shape index (κ1) is 29.6. The maximum atomic E-state index is 17.1. The number of nitrogens with zero attached hydrogens (tertiary/aromatic N) is 6. The van der Waals surface area contributed by atoms with Gasteiger partial charge in [0.1, 0.15) is 23.6 Å². The van der Waals surface area contributed by atoms with E-state index in [4.69, 9.17) is 36.0 Å². The van der Waals surface area contributed by atoms with Gasteiger partial charge in [0, 0.05) is 35.3 Å². The number of pyridine rings is 1. The zero-order valence-electron chi connectivity index (χ0n) is 26.0. The smallest absolute Gasteiger partial charge is 0.407 e. The van der Waals surface area contributed by atoms with Gasteiger partial charge in [-0.05, 0) is 89.4 Å². The fraction of sp³-hybridized carbons (Fsp3) is 0.545. The number of benzene rings is 1. The Bertz CT molecular complexity index is 1820. The summed E-state index contributed by atoms with van der Waals surface area (Å²) in [5.74, 6) is -0.0189. The van der Waals surface area contributed by atoms with Crippen molar-refractivity contribution in [3.63, 3.8) is 0 Å². The lowest BCUT2D eigenvalue weighted by Gasteiger charge is -2.41. The fourth-order valence-corrected chi connectivity index (χ4v) is 8.45. The first-order valence-electron chi connectivity index (χ1n) is 16.4. The monoisotopic (exact) mass is 648 g/mol. The third kappa shape index (κ3) is 5.10. The van der Waals surface area contributed by atoms with Crippen LogP contribution >= 0.6 is 11.6 Å². The number of aromatic nitrogens is 5. The van der Waals surface area contributed by atoms with E-state index in [1.54, 1.807) is 12.4 Å². The van der Waals surface area contributed by atoms with Crippen LogP contribution in [-0.2, 0) is 11.2 Å². The van der Waals surface area contributed by atoms with Crippen molar-refractivity contribution in [1.29, 1.82) is 0 Å². The number of amides is 1. The lowest BCUT2D eigenvalue weighted by atomic mass is 9.91. The first-order chi connectivity index (χ1) is 22.3. The van der Waals surface area contributed by atoms with Crippen LogP contribution in [-0.4, -0.2) is 86.6 Å². The van der Waals surface area contributed by atoms with Crippen molar-refractivity contribution in [1.82, 2.24) is 35.4 Å².